The van der Waals surface area contributed by atoms with E-state index in [1.807, 2.05) is 0 Å². The number of ketones is 1. The fourth-order valence-electron chi connectivity index (χ4n) is 1.23. The van der Waals surface area contributed by atoms with Crippen LogP contribution >= 0.6 is 0 Å². The summed E-state index contributed by atoms with van der Waals surface area (Å²) in [6, 6.07) is 3.21. The van der Waals surface area contributed by atoms with Gasteiger partial charge in [0, 0.05) is 12.0 Å². The zero-order valence-corrected chi connectivity index (χ0v) is 8.97. The van der Waals surface area contributed by atoms with E-state index in [-0.39, 0.29) is 11.3 Å². The molecule has 0 atom stereocenters. The molecule has 0 amide bonds. The van der Waals surface area contributed by atoms with Crippen LogP contribution in [0.4, 0.5) is 17.6 Å². The Morgan fingerprint density at radius 3 is 2.53 bits per heavy atom. The number of hydrogen-bond donors (Lipinski definition) is 0. The summed E-state index contributed by atoms with van der Waals surface area (Å²) in [6.07, 6.45) is -6.22. The van der Waals surface area contributed by atoms with Gasteiger partial charge in [-0.1, -0.05) is 0 Å². The van der Waals surface area contributed by atoms with Gasteiger partial charge in [0.25, 0.3) is 0 Å². The van der Waals surface area contributed by atoms with Crippen LogP contribution < -0.4 is 4.74 Å². The van der Waals surface area contributed by atoms with Crippen molar-refractivity contribution in [3.8, 4) is 5.75 Å². The number of hydrogen-bond acceptors (Lipinski definition) is 2. The highest BCUT2D eigenvalue weighted by Gasteiger charge is 2.28. The van der Waals surface area contributed by atoms with Gasteiger partial charge < -0.3 is 4.74 Å². The van der Waals surface area contributed by atoms with Crippen LogP contribution in [0.3, 0.4) is 0 Å². The molecular formula is C11H10F4O2. The first kappa shape index (κ1) is 13.5. The summed E-state index contributed by atoms with van der Waals surface area (Å²) < 4.78 is 53.3. The minimum Gasteiger partial charge on any atom is -0.494 e. The molecule has 0 spiro atoms. The predicted molar refractivity (Wildman–Crippen MR) is 52.6 cm³/mol. The largest absolute Gasteiger partial charge is 0.494 e. The van der Waals surface area contributed by atoms with Gasteiger partial charge in [0.15, 0.2) is 17.3 Å². The van der Waals surface area contributed by atoms with Crippen molar-refractivity contribution in [3.63, 3.8) is 0 Å². The van der Waals surface area contributed by atoms with Gasteiger partial charge in [-0.2, -0.15) is 13.2 Å². The van der Waals surface area contributed by atoms with Crippen molar-refractivity contribution in [1.82, 2.24) is 0 Å². The van der Waals surface area contributed by atoms with Crippen molar-refractivity contribution >= 4 is 5.78 Å². The van der Waals surface area contributed by atoms with Crippen molar-refractivity contribution in [2.75, 3.05) is 7.11 Å². The van der Waals surface area contributed by atoms with Crippen LogP contribution in [0.25, 0.3) is 0 Å². The van der Waals surface area contributed by atoms with E-state index in [4.69, 9.17) is 0 Å². The highest BCUT2D eigenvalue weighted by atomic mass is 19.4. The van der Waals surface area contributed by atoms with Crippen molar-refractivity contribution in [2.24, 2.45) is 0 Å². The lowest BCUT2D eigenvalue weighted by Gasteiger charge is -2.07. The van der Waals surface area contributed by atoms with Crippen LogP contribution in [0.5, 0.6) is 5.75 Å². The second kappa shape index (κ2) is 5.16. The lowest BCUT2D eigenvalue weighted by molar-refractivity contribution is -0.133. The van der Waals surface area contributed by atoms with Crippen LogP contribution in [0, 0.1) is 5.82 Å². The number of ether oxygens (including phenoxy) is 1. The lowest BCUT2D eigenvalue weighted by Crippen LogP contribution is -2.11. The minimum atomic E-state index is -4.38. The second-order valence-corrected chi connectivity index (χ2v) is 3.39. The van der Waals surface area contributed by atoms with Gasteiger partial charge in [0.1, 0.15) is 0 Å². The number of methoxy groups -OCH3 is 1. The fraction of sp³-hybridized carbons (Fsp3) is 0.364. The van der Waals surface area contributed by atoms with Crippen LogP contribution in [-0.4, -0.2) is 19.1 Å². The van der Waals surface area contributed by atoms with E-state index in [0.717, 1.165) is 18.2 Å². The van der Waals surface area contributed by atoms with Gasteiger partial charge in [-0.05, 0) is 18.2 Å². The molecule has 0 aromatic heterocycles. The SMILES string of the molecule is COc1cc(C(=O)CCC(F)(F)F)ccc1F. The quantitative estimate of drug-likeness (QED) is 0.605. The first-order valence-corrected chi connectivity index (χ1v) is 4.77. The first-order valence-electron chi connectivity index (χ1n) is 4.77. The summed E-state index contributed by atoms with van der Waals surface area (Å²) in [5.41, 5.74) is 0.00694. The van der Waals surface area contributed by atoms with Gasteiger partial charge in [-0.25, -0.2) is 4.39 Å². The zero-order chi connectivity index (χ0) is 13.1. The molecular weight excluding hydrogens is 240 g/mol. The normalized spacial score (nSPS) is 11.4. The third-order valence-electron chi connectivity index (χ3n) is 2.11. The van der Waals surface area contributed by atoms with E-state index in [2.05, 4.69) is 4.74 Å². The molecule has 0 aliphatic heterocycles. The van der Waals surface area contributed by atoms with Crippen LogP contribution in [0.15, 0.2) is 18.2 Å². The van der Waals surface area contributed by atoms with E-state index in [1.54, 1.807) is 0 Å². The van der Waals surface area contributed by atoms with Crippen LogP contribution in [0.1, 0.15) is 23.2 Å². The molecule has 2 nitrogen and oxygen atoms in total. The predicted octanol–water partition coefficient (Wildman–Crippen LogP) is 3.36. The molecule has 0 aliphatic rings. The molecule has 94 valence electrons. The molecule has 1 aromatic carbocycles. The average molecular weight is 250 g/mol. The Morgan fingerprint density at radius 1 is 1.35 bits per heavy atom. The highest BCUT2D eigenvalue weighted by Crippen LogP contribution is 2.24. The van der Waals surface area contributed by atoms with E-state index in [0.29, 0.717) is 0 Å². The molecule has 1 aromatic rings. The van der Waals surface area contributed by atoms with Gasteiger partial charge in [0.2, 0.25) is 0 Å². The first-order chi connectivity index (χ1) is 7.83. The molecule has 0 saturated carbocycles. The summed E-state index contributed by atoms with van der Waals surface area (Å²) in [7, 11) is 1.21. The number of benzene rings is 1. The number of alkyl halides is 3. The smallest absolute Gasteiger partial charge is 0.389 e. The van der Waals surface area contributed by atoms with Crippen molar-refractivity contribution in [1.29, 1.82) is 0 Å². The fourth-order valence-corrected chi connectivity index (χ4v) is 1.23. The van der Waals surface area contributed by atoms with Gasteiger partial charge in [0.05, 0.1) is 13.5 Å². The molecule has 0 N–H and O–H groups in total. The number of carbonyl (C=O) groups is 1. The highest BCUT2D eigenvalue weighted by molar-refractivity contribution is 5.96. The Bertz CT molecular complexity index is 412. The maximum Gasteiger partial charge on any atom is 0.389 e. The topological polar surface area (TPSA) is 26.3 Å². The Balaban J connectivity index is 2.76. The van der Waals surface area contributed by atoms with E-state index < -0.39 is 30.6 Å². The zero-order valence-electron chi connectivity index (χ0n) is 8.97. The van der Waals surface area contributed by atoms with Crippen LogP contribution in [0.2, 0.25) is 0 Å². The molecule has 0 saturated heterocycles. The molecule has 17 heavy (non-hydrogen) atoms. The maximum atomic E-state index is 13.0. The Hall–Kier alpha value is -1.59. The maximum absolute atomic E-state index is 13.0. The van der Waals surface area contributed by atoms with E-state index in [9.17, 15) is 22.4 Å². The second-order valence-electron chi connectivity index (χ2n) is 3.39. The molecule has 0 fully saturated rings. The number of halogens is 4. The Morgan fingerprint density at radius 2 is 2.00 bits per heavy atom. The van der Waals surface area contributed by atoms with Crippen molar-refractivity contribution in [3.05, 3.63) is 29.6 Å². The summed E-state index contributed by atoms with van der Waals surface area (Å²) >= 11 is 0. The van der Waals surface area contributed by atoms with E-state index in [1.165, 1.54) is 7.11 Å². The number of Topliss-reactive ketones (excluding diaryl/α,β-unsaturated/α-hetero) is 1. The summed E-state index contributed by atoms with van der Waals surface area (Å²) in [4.78, 5) is 11.4. The molecule has 0 heterocycles. The third-order valence-corrected chi connectivity index (χ3v) is 2.11. The third kappa shape index (κ3) is 4.05. The van der Waals surface area contributed by atoms with Gasteiger partial charge in [-0.3, -0.25) is 4.79 Å². The molecule has 0 aliphatic carbocycles. The summed E-state index contributed by atoms with van der Waals surface area (Å²) in [5.74, 6) is -1.52. The molecule has 0 radical (unpaired) electrons. The van der Waals surface area contributed by atoms with Gasteiger partial charge >= 0.3 is 6.18 Å². The van der Waals surface area contributed by atoms with Gasteiger partial charge in [-0.15, -0.1) is 0 Å². The molecule has 0 bridgehead atoms. The summed E-state index contributed by atoms with van der Waals surface area (Å²) in [6.45, 7) is 0. The van der Waals surface area contributed by atoms with Crippen molar-refractivity contribution in [2.45, 2.75) is 19.0 Å². The minimum absolute atomic E-state index is 0.00694. The molecule has 1 rings (SSSR count). The Labute approximate surface area is 95.2 Å². The number of rotatable bonds is 4. The molecule has 6 heteroatoms. The standard InChI is InChI=1S/C11H10F4O2/c1-17-10-6-7(2-3-8(10)12)9(16)4-5-11(13,14)15/h2-3,6H,4-5H2,1H3. The number of carbonyl (C=O) groups excluding carboxylic acids is 1. The summed E-state index contributed by atoms with van der Waals surface area (Å²) in [5, 5.41) is 0. The van der Waals surface area contributed by atoms with Crippen LogP contribution in [-0.2, 0) is 0 Å². The van der Waals surface area contributed by atoms with E-state index >= 15 is 0 Å². The Kier molecular flexibility index (Phi) is 4.09. The monoisotopic (exact) mass is 250 g/mol. The molecule has 0 unspecified atom stereocenters. The van der Waals surface area contributed by atoms with Crippen molar-refractivity contribution < 1.29 is 27.1 Å². The lowest BCUT2D eigenvalue weighted by atomic mass is 10.1. The average Bonchev–Trinajstić information content (AvgIpc) is 2.25.